The van der Waals surface area contributed by atoms with Crippen molar-refractivity contribution in [3.8, 4) is 0 Å². The highest BCUT2D eigenvalue weighted by atomic mass is 16.3. The molecular weight excluding hydrogens is 390 g/mol. The molecule has 6 nitrogen and oxygen atoms in total. The number of carbonyl (C=O) groups excluding carboxylic acids is 2. The highest BCUT2D eigenvalue weighted by Gasteiger charge is 2.17. The normalized spacial score (nSPS) is 10.8. The van der Waals surface area contributed by atoms with Crippen LogP contribution in [0.2, 0.25) is 0 Å². The molecule has 0 aliphatic carbocycles. The minimum absolute atomic E-state index is 0.0387. The molecular formula is C25H29N3O3. The van der Waals surface area contributed by atoms with E-state index >= 15 is 0 Å². The summed E-state index contributed by atoms with van der Waals surface area (Å²) >= 11 is 0. The first-order valence-corrected chi connectivity index (χ1v) is 10.3. The Balaban J connectivity index is 1.68. The van der Waals surface area contributed by atoms with Gasteiger partial charge in [-0.3, -0.25) is 14.5 Å². The highest BCUT2D eigenvalue weighted by molar-refractivity contribution is 5.93. The monoisotopic (exact) mass is 419 g/mol. The van der Waals surface area contributed by atoms with Gasteiger partial charge in [0.25, 0.3) is 5.91 Å². The minimum atomic E-state index is -0.119. The number of likely N-dealkylation sites (N-methyl/N-ethyl adjacent to an activating group) is 1. The standard InChI is InChI=1S/C25H29N3O3/c1-19-7-4-5-8-22(19)16-27(3)24(29)18-28(17-23-9-6-14-31-23)15-20-10-12-21(13-11-20)25(30)26-2/h4-14H,15-18H2,1-3H3,(H,26,30). The Labute approximate surface area is 183 Å². The fraction of sp³-hybridized carbons (Fsp3) is 0.280. The Kier molecular flexibility index (Phi) is 7.62. The molecule has 1 N–H and O–H groups in total. The lowest BCUT2D eigenvalue weighted by atomic mass is 10.1. The predicted molar refractivity (Wildman–Crippen MR) is 120 cm³/mol. The van der Waals surface area contributed by atoms with Crippen LogP contribution in [-0.2, 0) is 24.4 Å². The molecule has 1 heterocycles. The number of amides is 2. The SMILES string of the molecule is CNC(=O)c1ccc(CN(CC(=O)N(C)Cc2ccccc2C)Cc2ccco2)cc1. The van der Waals surface area contributed by atoms with E-state index in [1.54, 1.807) is 30.3 Å². The van der Waals surface area contributed by atoms with E-state index in [-0.39, 0.29) is 18.4 Å². The van der Waals surface area contributed by atoms with Crippen LogP contribution >= 0.6 is 0 Å². The summed E-state index contributed by atoms with van der Waals surface area (Å²) in [7, 11) is 3.44. The van der Waals surface area contributed by atoms with Gasteiger partial charge in [-0.15, -0.1) is 0 Å². The quantitative estimate of drug-likeness (QED) is 0.575. The number of rotatable bonds is 9. The molecule has 3 aromatic rings. The maximum atomic E-state index is 13.0. The second-order valence-electron chi connectivity index (χ2n) is 7.68. The number of carbonyl (C=O) groups is 2. The Hall–Kier alpha value is -3.38. The van der Waals surface area contributed by atoms with E-state index in [2.05, 4.69) is 18.3 Å². The van der Waals surface area contributed by atoms with Crippen molar-refractivity contribution in [1.82, 2.24) is 15.1 Å². The van der Waals surface area contributed by atoms with Crippen LogP contribution in [0.5, 0.6) is 0 Å². The summed E-state index contributed by atoms with van der Waals surface area (Å²) in [5.41, 5.74) is 3.94. The molecule has 0 saturated carbocycles. The van der Waals surface area contributed by atoms with Crippen LogP contribution in [0.25, 0.3) is 0 Å². The maximum absolute atomic E-state index is 13.0. The van der Waals surface area contributed by atoms with Gasteiger partial charge < -0.3 is 14.6 Å². The fourth-order valence-corrected chi connectivity index (χ4v) is 3.40. The molecule has 0 bridgehead atoms. The van der Waals surface area contributed by atoms with Gasteiger partial charge in [-0.25, -0.2) is 0 Å². The molecule has 0 fully saturated rings. The van der Waals surface area contributed by atoms with E-state index < -0.39 is 0 Å². The summed E-state index contributed by atoms with van der Waals surface area (Å²) in [5, 5.41) is 2.62. The van der Waals surface area contributed by atoms with Crippen LogP contribution in [0.1, 0.15) is 32.8 Å². The van der Waals surface area contributed by atoms with Gasteiger partial charge in [0, 0.05) is 32.7 Å². The first-order valence-electron chi connectivity index (χ1n) is 10.3. The summed E-state index contributed by atoms with van der Waals surface area (Å²) in [5.74, 6) is 0.722. The molecule has 2 amide bonds. The lowest BCUT2D eigenvalue weighted by Gasteiger charge is -2.25. The van der Waals surface area contributed by atoms with E-state index in [0.29, 0.717) is 25.2 Å². The maximum Gasteiger partial charge on any atom is 0.251 e. The molecule has 0 aliphatic rings. The molecule has 162 valence electrons. The number of nitrogens with one attached hydrogen (secondary N) is 1. The fourth-order valence-electron chi connectivity index (χ4n) is 3.40. The van der Waals surface area contributed by atoms with Gasteiger partial charge in [-0.1, -0.05) is 36.4 Å². The number of aryl methyl sites for hydroxylation is 1. The lowest BCUT2D eigenvalue weighted by molar-refractivity contribution is -0.132. The van der Waals surface area contributed by atoms with Crippen molar-refractivity contribution in [3.63, 3.8) is 0 Å². The van der Waals surface area contributed by atoms with Crippen LogP contribution in [0.4, 0.5) is 0 Å². The van der Waals surface area contributed by atoms with E-state index in [1.165, 1.54) is 5.56 Å². The molecule has 0 radical (unpaired) electrons. The second kappa shape index (κ2) is 10.6. The van der Waals surface area contributed by atoms with Crippen LogP contribution in [-0.4, -0.2) is 42.3 Å². The van der Waals surface area contributed by atoms with Crippen molar-refractivity contribution in [2.45, 2.75) is 26.6 Å². The van der Waals surface area contributed by atoms with E-state index in [9.17, 15) is 9.59 Å². The van der Waals surface area contributed by atoms with Crippen LogP contribution in [0.15, 0.2) is 71.3 Å². The molecule has 0 unspecified atom stereocenters. The second-order valence-corrected chi connectivity index (χ2v) is 7.68. The molecule has 0 atom stereocenters. The number of hydrogen-bond donors (Lipinski definition) is 1. The molecule has 31 heavy (non-hydrogen) atoms. The molecule has 6 heteroatoms. The number of hydrogen-bond acceptors (Lipinski definition) is 4. The smallest absolute Gasteiger partial charge is 0.251 e. The van der Waals surface area contributed by atoms with Gasteiger partial charge in [0.15, 0.2) is 0 Å². The zero-order valence-corrected chi connectivity index (χ0v) is 18.3. The largest absolute Gasteiger partial charge is 0.468 e. The molecule has 0 spiro atoms. The molecule has 1 aromatic heterocycles. The molecule has 3 rings (SSSR count). The van der Waals surface area contributed by atoms with E-state index in [1.807, 2.05) is 54.4 Å². The Bertz CT molecular complexity index is 997. The average molecular weight is 420 g/mol. The summed E-state index contributed by atoms with van der Waals surface area (Å²) < 4.78 is 5.50. The third-order valence-electron chi connectivity index (χ3n) is 5.26. The average Bonchev–Trinajstić information content (AvgIpc) is 3.28. The van der Waals surface area contributed by atoms with Crippen LogP contribution in [0.3, 0.4) is 0 Å². The number of nitrogens with zero attached hydrogens (tertiary/aromatic N) is 2. The summed E-state index contributed by atoms with van der Waals surface area (Å²) in [6.07, 6.45) is 1.64. The third-order valence-corrected chi connectivity index (χ3v) is 5.26. The summed E-state index contributed by atoms with van der Waals surface area (Å²) in [4.78, 5) is 28.5. The Morgan fingerprint density at radius 3 is 2.32 bits per heavy atom. The minimum Gasteiger partial charge on any atom is -0.468 e. The number of furan rings is 1. The van der Waals surface area contributed by atoms with E-state index in [4.69, 9.17) is 4.42 Å². The third kappa shape index (κ3) is 6.30. The Morgan fingerprint density at radius 1 is 0.935 bits per heavy atom. The van der Waals surface area contributed by atoms with Crippen molar-refractivity contribution in [1.29, 1.82) is 0 Å². The zero-order chi connectivity index (χ0) is 22.2. The zero-order valence-electron chi connectivity index (χ0n) is 18.3. The van der Waals surface area contributed by atoms with Crippen molar-refractivity contribution >= 4 is 11.8 Å². The van der Waals surface area contributed by atoms with Crippen molar-refractivity contribution in [2.75, 3.05) is 20.6 Å². The van der Waals surface area contributed by atoms with Gasteiger partial charge in [0.1, 0.15) is 5.76 Å². The van der Waals surface area contributed by atoms with Gasteiger partial charge in [-0.05, 0) is 47.9 Å². The number of benzene rings is 2. The van der Waals surface area contributed by atoms with Gasteiger partial charge in [0.2, 0.25) is 5.91 Å². The van der Waals surface area contributed by atoms with Crippen LogP contribution in [0, 0.1) is 6.92 Å². The lowest BCUT2D eigenvalue weighted by Crippen LogP contribution is -2.37. The highest BCUT2D eigenvalue weighted by Crippen LogP contribution is 2.14. The molecule has 2 aromatic carbocycles. The van der Waals surface area contributed by atoms with E-state index in [0.717, 1.165) is 16.9 Å². The summed E-state index contributed by atoms with van der Waals surface area (Å²) in [6.45, 7) is 3.98. The summed E-state index contributed by atoms with van der Waals surface area (Å²) in [6, 6.07) is 19.3. The van der Waals surface area contributed by atoms with Crippen molar-refractivity contribution in [3.05, 3.63) is 94.9 Å². The van der Waals surface area contributed by atoms with Gasteiger partial charge in [-0.2, -0.15) is 0 Å². The molecule has 0 saturated heterocycles. The topological polar surface area (TPSA) is 65.8 Å². The predicted octanol–water partition coefficient (Wildman–Crippen LogP) is 3.61. The van der Waals surface area contributed by atoms with Gasteiger partial charge >= 0.3 is 0 Å². The first kappa shape index (κ1) is 22.3. The first-order chi connectivity index (χ1) is 15.0. The Morgan fingerprint density at radius 2 is 1.68 bits per heavy atom. The van der Waals surface area contributed by atoms with Crippen molar-refractivity contribution < 1.29 is 14.0 Å². The van der Waals surface area contributed by atoms with Crippen molar-refractivity contribution in [2.24, 2.45) is 0 Å². The molecule has 0 aliphatic heterocycles. The van der Waals surface area contributed by atoms with Crippen LogP contribution < -0.4 is 5.32 Å². The van der Waals surface area contributed by atoms with Gasteiger partial charge in [0.05, 0.1) is 19.4 Å².